The van der Waals surface area contributed by atoms with Gasteiger partial charge < -0.3 is 14.2 Å². The van der Waals surface area contributed by atoms with Crippen LogP contribution in [0, 0.1) is 0 Å². The Bertz CT molecular complexity index is 1120. The van der Waals surface area contributed by atoms with E-state index in [0.717, 1.165) is 103 Å². The molecule has 0 bridgehead atoms. The summed E-state index contributed by atoms with van der Waals surface area (Å²) in [5, 5.41) is 0. The van der Waals surface area contributed by atoms with Gasteiger partial charge in [0, 0.05) is 19.3 Å². The summed E-state index contributed by atoms with van der Waals surface area (Å²) in [7, 11) is 0. The smallest absolute Gasteiger partial charge is 0.306 e. The molecule has 0 saturated heterocycles. The maximum absolute atomic E-state index is 12.8. The lowest BCUT2D eigenvalue weighted by molar-refractivity contribution is -0.167. The van der Waals surface area contributed by atoms with E-state index in [9.17, 15) is 14.4 Å². The van der Waals surface area contributed by atoms with Gasteiger partial charge in [0.25, 0.3) is 0 Å². The molecule has 61 heavy (non-hydrogen) atoms. The highest BCUT2D eigenvalue weighted by Crippen LogP contribution is 2.16. The Balaban J connectivity index is 4.38. The van der Waals surface area contributed by atoms with Gasteiger partial charge in [0.05, 0.1) is 0 Å². The van der Waals surface area contributed by atoms with Gasteiger partial charge in [-0.25, -0.2) is 0 Å². The molecule has 0 amide bonds. The Labute approximate surface area is 377 Å². The van der Waals surface area contributed by atoms with Crippen LogP contribution in [0.2, 0.25) is 0 Å². The molecule has 352 valence electrons. The van der Waals surface area contributed by atoms with E-state index in [2.05, 4.69) is 81.5 Å². The molecule has 6 nitrogen and oxygen atoms in total. The van der Waals surface area contributed by atoms with Crippen LogP contribution < -0.4 is 0 Å². The van der Waals surface area contributed by atoms with Crippen LogP contribution in [0.5, 0.6) is 0 Å². The number of carbonyl (C=O) groups is 3. The number of rotatable bonds is 46. The Hall–Kier alpha value is -2.89. The van der Waals surface area contributed by atoms with Crippen molar-refractivity contribution >= 4 is 17.9 Å². The van der Waals surface area contributed by atoms with Crippen molar-refractivity contribution in [3.05, 3.63) is 60.8 Å². The third-order valence-electron chi connectivity index (χ3n) is 11.1. The fourth-order valence-corrected chi connectivity index (χ4v) is 7.25. The molecule has 0 fully saturated rings. The second-order valence-corrected chi connectivity index (χ2v) is 17.1. The van der Waals surface area contributed by atoms with Crippen molar-refractivity contribution in [1.82, 2.24) is 0 Å². The van der Waals surface area contributed by atoms with E-state index in [4.69, 9.17) is 14.2 Å². The molecule has 0 aliphatic heterocycles. The van der Waals surface area contributed by atoms with Crippen molar-refractivity contribution in [3.8, 4) is 0 Å². The molecule has 0 aromatic heterocycles. The average Bonchev–Trinajstić information content (AvgIpc) is 3.26. The van der Waals surface area contributed by atoms with Gasteiger partial charge >= 0.3 is 17.9 Å². The summed E-state index contributed by atoms with van der Waals surface area (Å²) >= 11 is 0. The Kier molecular flexibility index (Phi) is 47.4. The molecular weight excluding hydrogens is 757 g/mol. The largest absolute Gasteiger partial charge is 0.462 e. The molecule has 0 aliphatic carbocycles. The van der Waals surface area contributed by atoms with Crippen LogP contribution in [0.4, 0.5) is 0 Å². The first kappa shape index (κ1) is 58.1. The van der Waals surface area contributed by atoms with Gasteiger partial charge in [-0.15, -0.1) is 0 Å². The third kappa shape index (κ3) is 48.0. The second-order valence-electron chi connectivity index (χ2n) is 17.1. The minimum Gasteiger partial charge on any atom is -0.462 e. The van der Waals surface area contributed by atoms with Gasteiger partial charge in [-0.2, -0.15) is 0 Å². The average molecular weight is 853 g/mol. The van der Waals surface area contributed by atoms with Crippen LogP contribution in [0.15, 0.2) is 60.8 Å². The Morgan fingerprint density at radius 3 is 1.16 bits per heavy atom. The highest BCUT2D eigenvalue weighted by Gasteiger charge is 2.19. The van der Waals surface area contributed by atoms with Gasteiger partial charge in [-0.1, -0.05) is 229 Å². The standard InChI is InChI=1S/C55H96O6/c1-4-7-10-13-16-19-22-25-27-29-30-33-36-39-42-45-48-54(57)60-51-52(50-59-53(56)47-44-41-38-35-32-24-21-18-15-12-9-6-3)61-55(58)49-46-43-40-37-34-31-28-26-23-20-17-14-11-8-5-2/h8-9,11-12,14,17-18,20-21,23,52H,4-7,10,13,15-16,19,22,24-51H2,1-3H3/b11-8-,12-9-,17-14-,21-18-,23-20-. The molecule has 1 unspecified atom stereocenters. The molecule has 0 rings (SSSR count). The zero-order chi connectivity index (χ0) is 44.4. The summed E-state index contributed by atoms with van der Waals surface area (Å²) in [6.07, 6.45) is 60.6. The number of allylic oxidation sites excluding steroid dienone is 10. The Morgan fingerprint density at radius 2 is 0.721 bits per heavy atom. The predicted molar refractivity (Wildman–Crippen MR) is 261 cm³/mol. The monoisotopic (exact) mass is 853 g/mol. The highest BCUT2D eigenvalue weighted by molar-refractivity contribution is 5.71. The minimum atomic E-state index is -0.783. The third-order valence-corrected chi connectivity index (χ3v) is 11.1. The van der Waals surface area contributed by atoms with Crippen molar-refractivity contribution in [1.29, 1.82) is 0 Å². The van der Waals surface area contributed by atoms with E-state index in [0.29, 0.717) is 19.3 Å². The second kappa shape index (κ2) is 49.8. The summed E-state index contributed by atoms with van der Waals surface area (Å²) < 4.78 is 16.8. The first-order valence-electron chi connectivity index (χ1n) is 25.8. The van der Waals surface area contributed by atoms with Crippen LogP contribution >= 0.6 is 0 Å². The van der Waals surface area contributed by atoms with E-state index in [1.54, 1.807) is 0 Å². The summed E-state index contributed by atoms with van der Waals surface area (Å²) in [5.74, 6) is -0.904. The summed E-state index contributed by atoms with van der Waals surface area (Å²) in [5.41, 5.74) is 0. The lowest BCUT2D eigenvalue weighted by Gasteiger charge is -2.18. The highest BCUT2D eigenvalue weighted by atomic mass is 16.6. The molecule has 0 spiro atoms. The van der Waals surface area contributed by atoms with Crippen LogP contribution in [-0.4, -0.2) is 37.2 Å². The maximum atomic E-state index is 12.8. The van der Waals surface area contributed by atoms with E-state index in [1.807, 2.05) is 0 Å². The van der Waals surface area contributed by atoms with Crippen LogP contribution in [-0.2, 0) is 28.6 Å². The number of unbranched alkanes of at least 4 members (excludes halogenated alkanes) is 27. The number of carbonyl (C=O) groups excluding carboxylic acids is 3. The lowest BCUT2D eigenvalue weighted by Crippen LogP contribution is -2.30. The van der Waals surface area contributed by atoms with Crippen molar-refractivity contribution in [2.24, 2.45) is 0 Å². The lowest BCUT2D eigenvalue weighted by atomic mass is 10.0. The zero-order valence-corrected chi connectivity index (χ0v) is 40.2. The fraction of sp³-hybridized carbons (Fsp3) is 0.764. The summed E-state index contributed by atoms with van der Waals surface area (Å²) in [6, 6.07) is 0. The molecule has 0 aliphatic rings. The quantitative estimate of drug-likeness (QED) is 0.0200. The van der Waals surface area contributed by atoms with Crippen molar-refractivity contribution in [2.45, 2.75) is 258 Å². The van der Waals surface area contributed by atoms with Crippen molar-refractivity contribution in [2.75, 3.05) is 13.2 Å². The topological polar surface area (TPSA) is 78.9 Å². The van der Waals surface area contributed by atoms with Gasteiger partial charge in [-0.3, -0.25) is 14.4 Å². The van der Waals surface area contributed by atoms with E-state index < -0.39 is 6.10 Å². The molecule has 0 heterocycles. The zero-order valence-electron chi connectivity index (χ0n) is 40.2. The first-order chi connectivity index (χ1) is 30.0. The maximum Gasteiger partial charge on any atom is 0.306 e. The first-order valence-corrected chi connectivity index (χ1v) is 25.8. The fourth-order valence-electron chi connectivity index (χ4n) is 7.25. The van der Waals surface area contributed by atoms with Crippen LogP contribution in [0.3, 0.4) is 0 Å². The molecule has 0 saturated carbocycles. The molecule has 0 N–H and O–H groups in total. The molecule has 0 aromatic rings. The van der Waals surface area contributed by atoms with Crippen molar-refractivity contribution < 1.29 is 28.6 Å². The molecular formula is C55H96O6. The number of hydrogen-bond acceptors (Lipinski definition) is 6. The number of hydrogen-bond donors (Lipinski definition) is 0. The number of ether oxygens (including phenoxy) is 3. The van der Waals surface area contributed by atoms with Gasteiger partial charge in [0.1, 0.15) is 13.2 Å². The molecule has 0 aromatic carbocycles. The van der Waals surface area contributed by atoms with Crippen LogP contribution in [0.1, 0.15) is 252 Å². The van der Waals surface area contributed by atoms with Crippen molar-refractivity contribution in [3.63, 3.8) is 0 Å². The normalized spacial score (nSPS) is 12.5. The number of esters is 3. The van der Waals surface area contributed by atoms with E-state index in [1.165, 1.54) is 109 Å². The van der Waals surface area contributed by atoms with Gasteiger partial charge in [0.2, 0.25) is 0 Å². The predicted octanol–water partition coefficient (Wildman–Crippen LogP) is 16.9. The molecule has 6 heteroatoms. The SMILES string of the molecule is CC\C=C/C=C\C=C/CCCCCCCCCC(=O)OC(COC(=O)CCCCCCC/C=C\C/C=C\CC)COC(=O)CCCCCCCCCCCCCCCCCC. The minimum absolute atomic E-state index is 0.0819. The van der Waals surface area contributed by atoms with Gasteiger partial charge in [-0.05, 0) is 64.2 Å². The van der Waals surface area contributed by atoms with Gasteiger partial charge in [0.15, 0.2) is 6.10 Å². The summed E-state index contributed by atoms with van der Waals surface area (Å²) in [4.78, 5) is 38.0. The van der Waals surface area contributed by atoms with E-state index >= 15 is 0 Å². The molecule has 0 radical (unpaired) electrons. The van der Waals surface area contributed by atoms with E-state index in [-0.39, 0.29) is 31.1 Å². The molecule has 1 atom stereocenters. The van der Waals surface area contributed by atoms with Crippen LogP contribution in [0.25, 0.3) is 0 Å². The Morgan fingerprint density at radius 1 is 0.361 bits per heavy atom. The summed E-state index contributed by atoms with van der Waals surface area (Å²) in [6.45, 7) is 6.39.